The third-order valence-corrected chi connectivity index (χ3v) is 3.30. The second-order valence-electron chi connectivity index (χ2n) is 5.38. The summed E-state index contributed by atoms with van der Waals surface area (Å²) in [6.07, 6.45) is 8.17. The monoisotopic (exact) mass is 220 g/mol. The highest BCUT2D eigenvalue weighted by Gasteiger charge is 2.21. The van der Waals surface area contributed by atoms with Gasteiger partial charge in [0.05, 0.1) is 0 Å². The molecule has 1 atom stereocenters. The molecule has 0 spiro atoms. The molecule has 1 aliphatic carbocycles. The molecule has 1 rings (SSSR count). The van der Waals surface area contributed by atoms with Crippen LogP contribution < -0.4 is 0 Å². The van der Waals surface area contributed by atoms with E-state index in [4.69, 9.17) is 0 Å². The lowest BCUT2D eigenvalue weighted by atomic mass is 9.81. The van der Waals surface area contributed by atoms with E-state index in [0.717, 1.165) is 31.3 Å². The van der Waals surface area contributed by atoms with E-state index in [-0.39, 0.29) is 0 Å². The Hall–Kier alpha value is -0.850. The Morgan fingerprint density at radius 3 is 2.75 bits per heavy atom. The van der Waals surface area contributed by atoms with Gasteiger partial charge in [-0.25, -0.2) is 0 Å². The van der Waals surface area contributed by atoms with Crippen LogP contribution in [0.25, 0.3) is 0 Å². The van der Waals surface area contributed by atoms with Crippen LogP contribution in [0.3, 0.4) is 0 Å². The fourth-order valence-electron chi connectivity index (χ4n) is 2.16. The first kappa shape index (κ1) is 13.2. The van der Waals surface area contributed by atoms with Crippen molar-refractivity contribution >= 4 is 5.78 Å². The molecule has 16 heavy (non-hydrogen) atoms. The maximum absolute atomic E-state index is 11.7. The fourth-order valence-corrected chi connectivity index (χ4v) is 2.16. The van der Waals surface area contributed by atoms with Gasteiger partial charge < -0.3 is 0 Å². The number of Topliss-reactive ketones (excluding diaryl/α,β-unsaturated/α-hetero) is 1. The second-order valence-corrected chi connectivity index (χ2v) is 5.38. The highest BCUT2D eigenvalue weighted by atomic mass is 16.1. The molecule has 0 saturated heterocycles. The Morgan fingerprint density at radius 2 is 2.19 bits per heavy atom. The molecule has 0 aromatic carbocycles. The van der Waals surface area contributed by atoms with Crippen molar-refractivity contribution in [3.63, 3.8) is 0 Å². The van der Waals surface area contributed by atoms with Crippen LogP contribution in [0.2, 0.25) is 0 Å². The lowest BCUT2D eigenvalue weighted by Gasteiger charge is -2.23. The molecule has 1 nitrogen and oxygen atoms in total. The highest BCUT2D eigenvalue weighted by Crippen LogP contribution is 2.28. The zero-order chi connectivity index (χ0) is 12.1. The van der Waals surface area contributed by atoms with E-state index in [2.05, 4.69) is 39.8 Å². The van der Waals surface area contributed by atoms with Crippen molar-refractivity contribution in [3.8, 4) is 0 Å². The number of carbonyl (C=O) groups is 1. The van der Waals surface area contributed by atoms with Crippen molar-refractivity contribution < 1.29 is 4.79 Å². The third-order valence-electron chi connectivity index (χ3n) is 3.30. The summed E-state index contributed by atoms with van der Waals surface area (Å²) in [7, 11) is 0. The molecule has 1 unspecified atom stereocenters. The minimum Gasteiger partial charge on any atom is -0.295 e. The Bertz CT molecular complexity index is 303. The highest BCUT2D eigenvalue weighted by molar-refractivity contribution is 5.96. The lowest BCUT2D eigenvalue weighted by Crippen LogP contribution is -2.17. The van der Waals surface area contributed by atoms with E-state index in [9.17, 15) is 4.79 Å². The summed E-state index contributed by atoms with van der Waals surface area (Å²) in [5.41, 5.74) is 2.41. The van der Waals surface area contributed by atoms with E-state index in [1.54, 1.807) is 0 Å². The molecule has 0 fully saturated rings. The maximum Gasteiger partial charge on any atom is 0.158 e. The first-order chi connectivity index (χ1) is 7.50. The van der Waals surface area contributed by atoms with E-state index in [0.29, 0.717) is 17.6 Å². The van der Waals surface area contributed by atoms with Gasteiger partial charge in [0.1, 0.15) is 0 Å². The van der Waals surface area contributed by atoms with Crippen LogP contribution in [0.15, 0.2) is 23.3 Å². The van der Waals surface area contributed by atoms with Gasteiger partial charge in [0.2, 0.25) is 0 Å². The van der Waals surface area contributed by atoms with Crippen LogP contribution in [0.4, 0.5) is 0 Å². The number of allylic oxidation sites excluding steroid dienone is 4. The number of ketones is 1. The Morgan fingerprint density at radius 1 is 1.50 bits per heavy atom. The van der Waals surface area contributed by atoms with Gasteiger partial charge in [0.15, 0.2) is 5.78 Å². The molecule has 0 amide bonds. The number of carbonyl (C=O) groups excluding carboxylic acids is 1. The SMILES string of the molecule is CC(C)=CCCC1=CC(C(C)C)CCC1=O. The van der Waals surface area contributed by atoms with E-state index in [1.165, 1.54) is 5.57 Å². The number of rotatable bonds is 4. The first-order valence-corrected chi connectivity index (χ1v) is 6.38. The average Bonchev–Trinajstić information content (AvgIpc) is 2.20. The molecule has 0 aliphatic heterocycles. The summed E-state index contributed by atoms with van der Waals surface area (Å²) in [5.74, 6) is 1.64. The van der Waals surface area contributed by atoms with Gasteiger partial charge in [-0.2, -0.15) is 0 Å². The summed E-state index contributed by atoms with van der Waals surface area (Å²) in [5, 5.41) is 0. The maximum atomic E-state index is 11.7. The van der Waals surface area contributed by atoms with Crippen LogP contribution in [0.1, 0.15) is 53.4 Å². The molecule has 1 heteroatoms. The smallest absolute Gasteiger partial charge is 0.158 e. The summed E-state index contributed by atoms with van der Waals surface area (Å²) < 4.78 is 0. The van der Waals surface area contributed by atoms with Crippen LogP contribution in [0, 0.1) is 11.8 Å². The zero-order valence-electron chi connectivity index (χ0n) is 11.0. The molecule has 0 N–H and O–H groups in total. The van der Waals surface area contributed by atoms with Crippen molar-refractivity contribution in [2.75, 3.05) is 0 Å². The van der Waals surface area contributed by atoms with Crippen molar-refractivity contribution in [1.82, 2.24) is 0 Å². The fraction of sp³-hybridized carbons (Fsp3) is 0.667. The molecule has 0 saturated carbocycles. The van der Waals surface area contributed by atoms with E-state index < -0.39 is 0 Å². The first-order valence-electron chi connectivity index (χ1n) is 6.38. The predicted octanol–water partition coefficient (Wildman–Crippen LogP) is 4.29. The van der Waals surface area contributed by atoms with Crippen molar-refractivity contribution in [2.24, 2.45) is 11.8 Å². The lowest BCUT2D eigenvalue weighted by molar-refractivity contribution is -0.116. The predicted molar refractivity (Wildman–Crippen MR) is 69.3 cm³/mol. The van der Waals surface area contributed by atoms with Gasteiger partial charge >= 0.3 is 0 Å². The molecule has 1 aliphatic rings. The van der Waals surface area contributed by atoms with Gasteiger partial charge in [-0.1, -0.05) is 31.6 Å². The minimum absolute atomic E-state index is 0.374. The van der Waals surface area contributed by atoms with E-state index in [1.807, 2.05) is 0 Å². The van der Waals surface area contributed by atoms with Crippen LogP contribution in [0.5, 0.6) is 0 Å². The molecule has 0 radical (unpaired) electrons. The Balaban J connectivity index is 2.61. The van der Waals surface area contributed by atoms with Crippen molar-refractivity contribution in [3.05, 3.63) is 23.3 Å². The number of hydrogen-bond acceptors (Lipinski definition) is 1. The second kappa shape index (κ2) is 6.03. The summed E-state index contributed by atoms with van der Waals surface area (Å²) in [4.78, 5) is 11.7. The standard InChI is InChI=1S/C15H24O/c1-11(2)6-5-7-14-10-13(12(3)4)8-9-15(14)16/h6,10,12-13H,5,7-9H2,1-4H3. The molecular formula is C15H24O. The molecule has 0 aromatic rings. The Labute approximate surface area is 99.6 Å². The molecular weight excluding hydrogens is 196 g/mol. The third kappa shape index (κ3) is 3.96. The Kier molecular flexibility index (Phi) is 4.98. The van der Waals surface area contributed by atoms with Gasteiger partial charge in [-0.05, 0) is 50.5 Å². The van der Waals surface area contributed by atoms with Gasteiger partial charge in [0, 0.05) is 6.42 Å². The quantitative estimate of drug-likeness (QED) is 0.646. The minimum atomic E-state index is 0.374. The van der Waals surface area contributed by atoms with Crippen LogP contribution in [-0.4, -0.2) is 5.78 Å². The van der Waals surface area contributed by atoms with Crippen molar-refractivity contribution in [1.29, 1.82) is 0 Å². The van der Waals surface area contributed by atoms with Crippen LogP contribution in [-0.2, 0) is 4.79 Å². The molecule has 0 aromatic heterocycles. The van der Waals surface area contributed by atoms with Gasteiger partial charge in [0.25, 0.3) is 0 Å². The molecule has 0 heterocycles. The van der Waals surface area contributed by atoms with Crippen LogP contribution >= 0.6 is 0 Å². The molecule has 0 bridgehead atoms. The number of hydrogen-bond donors (Lipinski definition) is 0. The zero-order valence-corrected chi connectivity index (χ0v) is 11.0. The van der Waals surface area contributed by atoms with Gasteiger partial charge in [-0.3, -0.25) is 4.79 Å². The topological polar surface area (TPSA) is 17.1 Å². The summed E-state index contributed by atoms with van der Waals surface area (Å²) >= 11 is 0. The largest absolute Gasteiger partial charge is 0.295 e. The van der Waals surface area contributed by atoms with Crippen molar-refractivity contribution in [2.45, 2.75) is 53.4 Å². The summed E-state index contributed by atoms with van der Waals surface area (Å²) in [6.45, 7) is 8.69. The van der Waals surface area contributed by atoms with Gasteiger partial charge in [-0.15, -0.1) is 0 Å². The van der Waals surface area contributed by atoms with E-state index >= 15 is 0 Å². The average molecular weight is 220 g/mol. The molecule has 90 valence electrons. The summed E-state index contributed by atoms with van der Waals surface area (Å²) in [6, 6.07) is 0. The normalized spacial score (nSPS) is 20.9.